The van der Waals surface area contributed by atoms with E-state index in [1.165, 1.54) is 0 Å². The molecule has 1 N–H and O–H groups in total. The summed E-state index contributed by atoms with van der Waals surface area (Å²) in [7, 11) is 0. The van der Waals surface area contributed by atoms with Crippen LogP contribution in [0.15, 0.2) is 53.0 Å². The molecule has 0 bridgehead atoms. The predicted molar refractivity (Wildman–Crippen MR) is 78.9 cm³/mol. The lowest BCUT2D eigenvalue weighted by Gasteiger charge is -2.25. The summed E-state index contributed by atoms with van der Waals surface area (Å²) < 4.78 is 1.03. The van der Waals surface area contributed by atoms with E-state index in [0.717, 1.165) is 15.6 Å². The number of hydrogen-bond donors (Lipinski definition) is 1. The van der Waals surface area contributed by atoms with Crippen molar-refractivity contribution in [3.63, 3.8) is 0 Å². The minimum absolute atomic E-state index is 0.532. The van der Waals surface area contributed by atoms with E-state index in [1.807, 2.05) is 42.5 Å². The number of hydrogen-bond acceptors (Lipinski definition) is 1. The summed E-state index contributed by atoms with van der Waals surface area (Å²) in [5.74, 6) is 0. The molecule has 0 radical (unpaired) electrons. The minimum Gasteiger partial charge on any atom is -0.385 e. The fourth-order valence-electron chi connectivity index (χ4n) is 1.99. The van der Waals surface area contributed by atoms with Gasteiger partial charge >= 0.3 is 0 Å². The highest BCUT2D eigenvalue weighted by Gasteiger charge is 2.25. The second kappa shape index (κ2) is 5.43. The van der Waals surface area contributed by atoms with Gasteiger partial charge in [-0.25, -0.2) is 0 Å². The fraction of sp³-hybridized carbons (Fsp3) is 0.200. The van der Waals surface area contributed by atoms with E-state index in [9.17, 15) is 5.11 Å². The molecule has 0 amide bonds. The second-order valence-corrected chi connectivity index (χ2v) is 5.88. The van der Waals surface area contributed by atoms with E-state index in [4.69, 9.17) is 11.6 Å². The third kappa shape index (κ3) is 3.14. The molecule has 2 aromatic carbocycles. The molecular weight excluding hydrogens is 312 g/mol. The molecule has 1 nitrogen and oxygen atoms in total. The number of benzene rings is 2. The van der Waals surface area contributed by atoms with E-state index >= 15 is 0 Å². The molecule has 0 spiro atoms. The van der Waals surface area contributed by atoms with Gasteiger partial charge in [-0.05, 0) is 30.7 Å². The van der Waals surface area contributed by atoms with Crippen molar-refractivity contribution in [2.75, 3.05) is 0 Å². The molecule has 94 valence electrons. The molecule has 0 saturated carbocycles. The molecule has 0 aliphatic heterocycles. The van der Waals surface area contributed by atoms with Gasteiger partial charge in [-0.2, -0.15) is 0 Å². The number of halogens is 2. The number of rotatable bonds is 3. The Morgan fingerprint density at radius 2 is 1.72 bits per heavy atom. The van der Waals surface area contributed by atoms with E-state index in [1.54, 1.807) is 13.0 Å². The van der Waals surface area contributed by atoms with Gasteiger partial charge in [-0.1, -0.05) is 57.9 Å². The van der Waals surface area contributed by atoms with Crippen LogP contribution < -0.4 is 0 Å². The van der Waals surface area contributed by atoms with Crippen LogP contribution in [0.4, 0.5) is 0 Å². The van der Waals surface area contributed by atoms with E-state index in [0.29, 0.717) is 11.4 Å². The molecule has 3 heteroatoms. The summed E-state index contributed by atoms with van der Waals surface area (Å²) in [5, 5.41) is 11.2. The van der Waals surface area contributed by atoms with Crippen LogP contribution in [0.1, 0.15) is 18.1 Å². The maximum absolute atomic E-state index is 10.6. The van der Waals surface area contributed by atoms with Crippen molar-refractivity contribution in [1.82, 2.24) is 0 Å². The maximum Gasteiger partial charge on any atom is 0.0923 e. The van der Waals surface area contributed by atoms with Crippen LogP contribution in [-0.2, 0) is 12.0 Å². The lowest BCUT2D eigenvalue weighted by Crippen LogP contribution is -2.24. The van der Waals surface area contributed by atoms with Gasteiger partial charge in [-0.3, -0.25) is 0 Å². The molecule has 1 unspecified atom stereocenters. The molecular formula is C15H14BrClO. The van der Waals surface area contributed by atoms with Gasteiger partial charge in [-0.15, -0.1) is 0 Å². The van der Waals surface area contributed by atoms with Crippen LogP contribution in [0.2, 0.25) is 5.02 Å². The standard InChI is InChI=1S/C15H14BrClO/c1-15(18,13-4-2-3-5-14(13)17)10-11-6-8-12(16)9-7-11/h2-9,18H,10H2,1H3. The highest BCUT2D eigenvalue weighted by atomic mass is 79.9. The first kappa shape index (κ1) is 13.6. The smallest absolute Gasteiger partial charge is 0.0923 e. The van der Waals surface area contributed by atoms with Gasteiger partial charge < -0.3 is 5.11 Å². The average Bonchev–Trinajstić information content (AvgIpc) is 2.32. The Labute approximate surface area is 121 Å². The average molecular weight is 326 g/mol. The maximum atomic E-state index is 10.6. The van der Waals surface area contributed by atoms with Crippen LogP contribution in [0.25, 0.3) is 0 Å². The summed E-state index contributed by atoms with van der Waals surface area (Å²) in [6.45, 7) is 1.79. The molecule has 0 aromatic heterocycles. The zero-order valence-corrected chi connectivity index (χ0v) is 12.4. The molecule has 0 heterocycles. The first-order valence-electron chi connectivity index (χ1n) is 5.71. The van der Waals surface area contributed by atoms with Gasteiger partial charge in [0.15, 0.2) is 0 Å². The van der Waals surface area contributed by atoms with E-state index < -0.39 is 5.60 Å². The van der Waals surface area contributed by atoms with Crippen LogP contribution in [0.3, 0.4) is 0 Å². The molecule has 0 saturated heterocycles. The Morgan fingerprint density at radius 3 is 2.33 bits per heavy atom. The lowest BCUT2D eigenvalue weighted by molar-refractivity contribution is 0.0577. The van der Waals surface area contributed by atoms with Crippen molar-refractivity contribution in [1.29, 1.82) is 0 Å². The predicted octanol–water partition coefficient (Wildman–Crippen LogP) is 4.55. The molecule has 2 rings (SSSR count). The Hall–Kier alpha value is -0.830. The number of aliphatic hydroxyl groups is 1. The molecule has 18 heavy (non-hydrogen) atoms. The van der Waals surface area contributed by atoms with Gasteiger partial charge in [0.25, 0.3) is 0 Å². The molecule has 2 aromatic rings. The summed E-state index contributed by atoms with van der Waals surface area (Å²) >= 11 is 9.53. The van der Waals surface area contributed by atoms with Gasteiger partial charge in [0.05, 0.1) is 5.60 Å². The van der Waals surface area contributed by atoms with Crippen LogP contribution in [0.5, 0.6) is 0 Å². The third-order valence-corrected chi connectivity index (χ3v) is 3.77. The normalized spacial score (nSPS) is 14.2. The van der Waals surface area contributed by atoms with Gasteiger partial charge in [0.1, 0.15) is 0 Å². The zero-order valence-electron chi connectivity index (χ0n) is 10.0. The molecule has 1 atom stereocenters. The zero-order chi connectivity index (χ0) is 13.2. The van der Waals surface area contributed by atoms with Crippen LogP contribution >= 0.6 is 27.5 Å². The molecule has 0 aliphatic rings. The monoisotopic (exact) mass is 324 g/mol. The Kier molecular flexibility index (Phi) is 4.10. The van der Waals surface area contributed by atoms with Crippen molar-refractivity contribution in [2.45, 2.75) is 18.9 Å². The summed E-state index contributed by atoms with van der Waals surface area (Å²) in [6, 6.07) is 15.3. The summed E-state index contributed by atoms with van der Waals surface area (Å²) in [4.78, 5) is 0. The van der Waals surface area contributed by atoms with Crippen molar-refractivity contribution >= 4 is 27.5 Å². The largest absolute Gasteiger partial charge is 0.385 e. The van der Waals surface area contributed by atoms with Crippen LogP contribution in [0, 0.1) is 0 Å². The van der Waals surface area contributed by atoms with Crippen molar-refractivity contribution in [3.05, 3.63) is 69.2 Å². The quantitative estimate of drug-likeness (QED) is 0.877. The topological polar surface area (TPSA) is 20.2 Å². The Morgan fingerprint density at radius 1 is 1.11 bits per heavy atom. The van der Waals surface area contributed by atoms with Crippen molar-refractivity contribution in [2.24, 2.45) is 0 Å². The lowest BCUT2D eigenvalue weighted by atomic mass is 9.89. The van der Waals surface area contributed by atoms with Crippen molar-refractivity contribution < 1.29 is 5.11 Å². The van der Waals surface area contributed by atoms with E-state index in [2.05, 4.69) is 15.9 Å². The van der Waals surface area contributed by atoms with Gasteiger partial charge in [0.2, 0.25) is 0 Å². The molecule has 0 aliphatic carbocycles. The summed E-state index contributed by atoms with van der Waals surface area (Å²) in [6.07, 6.45) is 0.532. The van der Waals surface area contributed by atoms with Gasteiger partial charge in [0, 0.05) is 21.5 Å². The Bertz CT molecular complexity index is 534. The highest BCUT2D eigenvalue weighted by Crippen LogP contribution is 2.31. The third-order valence-electron chi connectivity index (χ3n) is 2.92. The van der Waals surface area contributed by atoms with Crippen molar-refractivity contribution in [3.8, 4) is 0 Å². The first-order valence-corrected chi connectivity index (χ1v) is 6.88. The van der Waals surface area contributed by atoms with E-state index in [-0.39, 0.29) is 0 Å². The van der Waals surface area contributed by atoms with Crippen LogP contribution in [-0.4, -0.2) is 5.11 Å². The SMILES string of the molecule is CC(O)(Cc1ccc(Br)cc1)c1ccccc1Cl. The highest BCUT2D eigenvalue weighted by molar-refractivity contribution is 9.10. The second-order valence-electron chi connectivity index (χ2n) is 4.56. The fourth-order valence-corrected chi connectivity index (χ4v) is 2.60. The Balaban J connectivity index is 2.27. The minimum atomic E-state index is -0.966. The first-order chi connectivity index (χ1) is 8.49. The molecule has 0 fully saturated rings. The summed E-state index contributed by atoms with van der Waals surface area (Å²) in [5.41, 5.74) is 0.865.